The fraction of sp³-hybridized carbons (Fsp3) is 0.889. The van der Waals surface area contributed by atoms with E-state index in [2.05, 4.69) is 5.32 Å². The van der Waals surface area contributed by atoms with Gasteiger partial charge in [-0.05, 0) is 12.3 Å². The van der Waals surface area contributed by atoms with Crippen molar-refractivity contribution >= 4 is 5.91 Å². The van der Waals surface area contributed by atoms with Gasteiger partial charge in [0.05, 0.1) is 0 Å². The second-order valence-electron chi connectivity index (χ2n) is 3.41. The predicted molar refractivity (Wildman–Crippen MR) is 48.8 cm³/mol. The molecule has 0 aromatic heterocycles. The highest BCUT2D eigenvalue weighted by Crippen LogP contribution is 2.22. The molecule has 0 spiro atoms. The summed E-state index contributed by atoms with van der Waals surface area (Å²) in [6.45, 7) is 5.66. The van der Waals surface area contributed by atoms with Crippen molar-refractivity contribution in [3.8, 4) is 0 Å². The van der Waals surface area contributed by atoms with Crippen LogP contribution in [0.4, 0.5) is 0 Å². The van der Waals surface area contributed by atoms with Crippen molar-refractivity contribution in [2.24, 2.45) is 5.92 Å². The first-order chi connectivity index (χ1) is 5.49. The first-order valence-corrected chi connectivity index (χ1v) is 4.43. The van der Waals surface area contributed by atoms with Crippen LogP contribution in [0.15, 0.2) is 0 Å². The first-order valence-electron chi connectivity index (χ1n) is 4.43. The largest absolute Gasteiger partial charge is 0.380 e. The van der Waals surface area contributed by atoms with Gasteiger partial charge in [-0.3, -0.25) is 4.79 Å². The minimum absolute atomic E-state index is 0.0441. The topological polar surface area (TPSA) is 49.3 Å². The molecule has 2 N–H and O–H groups in total. The van der Waals surface area contributed by atoms with Gasteiger partial charge in [-0.25, -0.2) is 0 Å². The number of hydrogen-bond acceptors (Lipinski definition) is 2. The van der Waals surface area contributed by atoms with Crippen molar-refractivity contribution in [3.05, 3.63) is 0 Å². The number of rotatable bonds is 4. The highest BCUT2D eigenvalue weighted by Gasteiger charge is 2.37. The summed E-state index contributed by atoms with van der Waals surface area (Å²) >= 11 is 0. The molecule has 72 valence electrons. The van der Waals surface area contributed by atoms with Crippen molar-refractivity contribution in [3.63, 3.8) is 0 Å². The zero-order valence-electron chi connectivity index (χ0n) is 8.35. The summed E-state index contributed by atoms with van der Waals surface area (Å²) in [5, 5.41) is 12.4. The molecule has 0 bridgehead atoms. The van der Waals surface area contributed by atoms with Crippen molar-refractivity contribution in [2.75, 3.05) is 7.05 Å². The SMILES string of the molecule is CCC[C@@](O)(C(=O)NC)C(C)C. The Morgan fingerprint density at radius 2 is 2.08 bits per heavy atom. The molecule has 0 radical (unpaired) electrons. The molecule has 0 heterocycles. The van der Waals surface area contributed by atoms with Crippen molar-refractivity contribution in [1.29, 1.82) is 0 Å². The number of amides is 1. The summed E-state index contributed by atoms with van der Waals surface area (Å²) in [6, 6.07) is 0. The molecule has 0 saturated heterocycles. The summed E-state index contributed by atoms with van der Waals surface area (Å²) in [7, 11) is 1.55. The molecule has 3 heteroatoms. The molecule has 0 aromatic carbocycles. The van der Waals surface area contributed by atoms with Gasteiger partial charge in [0, 0.05) is 7.05 Å². The number of hydrogen-bond donors (Lipinski definition) is 2. The second kappa shape index (κ2) is 4.45. The molecule has 0 unspecified atom stereocenters. The minimum Gasteiger partial charge on any atom is -0.380 e. The van der Waals surface area contributed by atoms with Crippen LogP contribution in [0.2, 0.25) is 0 Å². The van der Waals surface area contributed by atoms with Crippen molar-refractivity contribution in [2.45, 2.75) is 39.2 Å². The quantitative estimate of drug-likeness (QED) is 0.664. The predicted octanol–water partition coefficient (Wildman–Crippen LogP) is 0.920. The lowest BCUT2D eigenvalue weighted by Crippen LogP contribution is -2.49. The van der Waals surface area contributed by atoms with E-state index >= 15 is 0 Å². The van der Waals surface area contributed by atoms with Gasteiger partial charge in [0.15, 0.2) is 0 Å². The Bertz CT molecular complexity index is 157. The Balaban J connectivity index is 4.49. The Morgan fingerprint density at radius 1 is 1.58 bits per heavy atom. The van der Waals surface area contributed by atoms with Gasteiger partial charge in [-0.15, -0.1) is 0 Å². The van der Waals surface area contributed by atoms with Crippen LogP contribution in [0, 0.1) is 5.92 Å². The van der Waals surface area contributed by atoms with Crippen molar-refractivity contribution in [1.82, 2.24) is 5.32 Å². The van der Waals surface area contributed by atoms with Gasteiger partial charge in [0.25, 0.3) is 5.91 Å². The standard InChI is InChI=1S/C9H19NO2/c1-5-6-9(12,7(2)3)8(11)10-4/h7,12H,5-6H2,1-4H3,(H,10,11)/t9-/m0/s1. The van der Waals surface area contributed by atoms with Gasteiger partial charge in [0.1, 0.15) is 5.60 Å². The van der Waals surface area contributed by atoms with Gasteiger partial charge in [0.2, 0.25) is 0 Å². The normalized spacial score (nSPS) is 15.8. The maximum absolute atomic E-state index is 11.3. The Morgan fingerprint density at radius 3 is 2.33 bits per heavy atom. The van der Waals surface area contributed by atoms with Crippen LogP contribution in [0.1, 0.15) is 33.6 Å². The van der Waals surface area contributed by atoms with Crippen LogP contribution in [0.25, 0.3) is 0 Å². The van der Waals surface area contributed by atoms with Crippen LogP contribution >= 0.6 is 0 Å². The van der Waals surface area contributed by atoms with E-state index in [0.717, 1.165) is 6.42 Å². The molecular weight excluding hydrogens is 154 g/mol. The summed E-state index contributed by atoms with van der Waals surface area (Å²) in [5.41, 5.74) is -1.19. The van der Waals surface area contributed by atoms with Gasteiger partial charge in [-0.2, -0.15) is 0 Å². The lowest BCUT2D eigenvalue weighted by Gasteiger charge is -2.29. The number of carbonyl (C=O) groups excluding carboxylic acids is 1. The van der Waals surface area contributed by atoms with Crippen LogP contribution in [0.5, 0.6) is 0 Å². The molecular formula is C9H19NO2. The molecule has 1 amide bonds. The van der Waals surface area contributed by atoms with Crippen LogP contribution < -0.4 is 5.32 Å². The van der Waals surface area contributed by atoms with E-state index in [4.69, 9.17) is 0 Å². The van der Waals surface area contributed by atoms with E-state index in [1.165, 1.54) is 0 Å². The molecule has 0 aliphatic carbocycles. The lowest BCUT2D eigenvalue weighted by atomic mass is 9.85. The van der Waals surface area contributed by atoms with E-state index < -0.39 is 5.60 Å². The molecule has 0 aliphatic rings. The maximum atomic E-state index is 11.3. The number of likely N-dealkylation sites (N-methyl/N-ethyl adjacent to an activating group) is 1. The molecule has 0 aliphatic heterocycles. The Labute approximate surface area is 74.2 Å². The van der Waals surface area contributed by atoms with E-state index in [9.17, 15) is 9.90 Å². The van der Waals surface area contributed by atoms with Gasteiger partial charge < -0.3 is 10.4 Å². The summed E-state index contributed by atoms with van der Waals surface area (Å²) < 4.78 is 0. The van der Waals surface area contributed by atoms with Gasteiger partial charge in [-0.1, -0.05) is 27.2 Å². The zero-order valence-corrected chi connectivity index (χ0v) is 8.35. The van der Waals surface area contributed by atoms with E-state index in [-0.39, 0.29) is 11.8 Å². The zero-order chi connectivity index (χ0) is 9.78. The second-order valence-corrected chi connectivity index (χ2v) is 3.41. The van der Waals surface area contributed by atoms with Crippen molar-refractivity contribution < 1.29 is 9.90 Å². The average Bonchev–Trinajstić information content (AvgIpc) is 2.03. The minimum atomic E-state index is -1.19. The third-order valence-electron chi connectivity index (χ3n) is 2.21. The molecule has 0 rings (SSSR count). The van der Waals surface area contributed by atoms with E-state index in [1.54, 1.807) is 7.05 Å². The van der Waals surface area contributed by atoms with Crippen LogP contribution in [-0.4, -0.2) is 23.7 Å². The number of carbonyl (C=O) groups is 1. The van der Waals surface area contributed by atoms with Gasteiger partial charge >= 0.3 is 0 Å². The Kier molecular flexibility index (Phi) is 4.24. The fourth-order valence-corrected chi connectivity index (χ4v) is 1.26. The van der Waals surface area contributed by atoms with Crippen LogP contribution in [-0.2, 0) is 4.79 Å². The smallest absolute Gasteiger partial charge is 0.251 e. The summed E-state index contributed by atoms with van der Waals surface area (Å²) in [6.07, 6.45) is 1.33. The highest BCUT2D eigenvalue weighted by atomic mass is 16.3. The third kappa shape index (κ3) is 2.21. The monoisotopic (exact) mass is 173 g/mol. The molecule has 3 nitrogen and oxygen atoms in total. The molecule has 12 heavy (non-hydrogen) atoms. The van der Waals surface area contributed by atoms with Crippen LogP contribution in [0.3, 0.4) is 0 Å². The molecule has 0 fully saturated rings. The Hall–Kier alpha value is -0.570. The lowest BCUT2D eigenvalue weighted by molar-refractivity contribution is -0.145. The third-order valence-corrected chi connectivity index (χ3v) is 2.21. The molecule has 0 aromatic rings. The summed E-state index contributed by atoms with van der Waals surface area (Å²) in [4.78, 5) is 11.3. The first kappa shape index (κ1) is 11.4. The average molecular weight is 173 g/mol. The number of aliphatic hydroxyl groups is 1. The van der Waals surface area contributed by atoms with E-state index in [0.29, 0.717) is 6.42 Å². The molecule has 0 saturated carbocycles. The highest BCUT2D eigenvalue weighted by molar-refractivity contribution is 5.84. The summed E-state index contributed by atoms with van der Waals surface area (Å²) in [5.74, 6) is -0.322. The number of nitrogens with one attached hydrogen (secondary N) is 1. The van der Waals surface area contributed by atoms with E-state index in [1.807, 2.05) is 20.8 Å². The fourth-order valence-electron chi connectivity index (χ4n) is 1.26. The molecule has 1 atom stereocenters. The maximum Gasteiger partial charge on any atom is 0.251 e.